The van der Waals surface area contributed by atoms with Crippen LogP contribution >= 0.6 is 31.9 Å². The van der Waals surface area contributed by atoms with Crippen LogP contribution < -0.4 is 4.74 Å². The molecule has 0 N–H and O–H groups in total. The third kappa shape index (κ3) is 3.98. The Morgan fingerprint density at radius 2 is 2.06 bits per heavy atom. The average molecular weight is 390 g/mol. The van der Waals surface area contributed by atoms with Gasteiger partial charge in [0.25, 0.3) is 0 Å². The highest BCUT2D eigenvalue weighted by Gasteiger charge is 2.34. The first-order valence-corrected chi connectivity index (χ1v) is 6.92. The quantitative estimate of drug-likeness (QED) is 0.561. The Morgan fingerprint density at radius 1 is 1.44 bits per heavy atom. The number of benzene rings is 1. The second kappa shape index (κ2) is 6.06. The van der Waals surface area contributed by atoms with Gasteiger partial charge in [-0.25, -0.2) is 0 Å². The monoisotopic (exact) mass is 388 g/mol. The number of ketones is 1. The number of carbonyl (C=O) groups excluding carboxylic acids is 1. The van der Waals surface area contributed by atoms with E-state index >= 15 is 0 Å². The van der Waals surface area contributed by atoms with Crippen LogP contribution in [0.5, 0.6) is 5.75 Å². The summed E-state index contributed by atoms with van der Waals surface area (Å²) in [7, 11) is 0. The fourth-order valence-electron chi connectivity index (χ4n) is 1.33. The van der Waals surface area contributed by atoms with Crippen LogP contribution in [0.3, 0.4) is 0 Å². The molecule has 0 bridgehead atoms. The lowest BCUT2D eigenvalue weighted by Gasteiger charge is -2.16. The molecule has 0 aliphatic rings. The first-order valence-electron chi connectivity index (χ1n) is 4.88. The molecule has 100 valence electrons. The average Bonchev–Trinajstić information content (AvgIpc) is 2.26. The van der Waals surface area contributed by atoms with Gasteiger partial charge in [-0.15, -0.1) is 13.2 Å². The van der Waals surface area contributed by atoms with Gasteiger partial charge < -0.3 is 4.74 Å². The molecule has 0 saturated carbocycles. The molecule has 1 unspecified atom stereocenters. The molecule has 0 aliphatic carbocycles. The van der Waals surface area contributed by atoms with Gasteiger partial charge in [0, 0.05) is 10.9 Å². The van der Waals surface area contributed by atoms with E-state index in [-0.39, 0.29) is 16.5 Å². The number of hydrogen-bond donors (Lipinski definition) is 0. The summed E-state index contributed by atoms with van der Waals surface area (Å²) in [6, 6.07) is 4.29. The maximum Gasteiger partial charge on any atom is 0.573 e. The fourth-order valence-corrected chi connectivity index (χ4v) is 2.02. The molecule has 0 saturated heterocycles. The molecule has 0 heterocycles. The summed E-state index contributed by atoms with van der Waals surface area (Å²) in [4.78, 5) is 11.2. The minimum atomic E-state index is -4.83. The van der Waals surface area contributed by atoms with Gasteiger partial charge in [-0.1, -0.05) is 44.0 Å². The highest BCUT2D eigenvalue weighted by atomic mass is 79.9. The highest BCUT2D eigenvalue weighted by molar-refractivity contribution is 9.10. The molecular formula is C11H9Br2F3O2. The van der Waals surface area contributed by atoms with Crippen molar-refractivity contribution in [3.63, 3.8) is 0 Å². The van der Waals surface area contributed by atoms with E-state index in [0.717, 1.165) is 0 Å². The number of ether oxygens (including phenoxy) is 1. The van der Waals surface area contributed by atoms with Crippen LogP contribution in [-0.4, -0.2) is 17.0 Å². The van der Waals surface area contributed by atoms with Gasteiger partial charge in [-0.3, -0.25) is 4.79 Å². The molecule has 0 aliphatic heterocycles. The Bertz CT molecular complexity index is 444. The SMILES string of the molecule is CC(Br)C(=O)c1cccc(CBr)c1OC(F)(F)F. The lowest BCUT2D eigenvalue weighted by atomic mass is 10.0. The molecular weight excluding hydrogens is 381 g/mol. The predicted octanol–water partition coefficient (Wildman–Crippen LogP) is 4.45. The van der Waals surface area contributed by atoms with Crippen molar-refractivity contribution < 1.29 is 22.7 Å². The Morgan fingerprint density at radius 3 is 2.50 bits per heavy atom. The number of halogens is 5. The van der Waals surface area contributed by atoms with Crippen molar-refractivity contribution in [3.8, 4) is 5.75 Å². The zero-order valence-corrected chi connectivity index (χ0v) is 12.4. The van der Waals surface area contributed by atoms with E-state index in [9.17, 15) is 18.0 Å². The standard InChI is InChI=1S/C11H9Br2F3O2/c1-6(13)9(17)8-4-2-3-7(5-12)10(8)18-11(14,15)16/h2-4,6H,5H2,1H3. The summed E-state index contributed by atoms with van der Waals surface area (Å²) >= 11 is 6.10. The summed E-state index contributed by atoms with van der Waals surface area (Å²) < 4.78 is 41.0. The van der Waals surface area contributed by atoms with Gasteiger partial charge in [0.2, 0.25) is 0 Å². The number of Topliss-reactive ketones (excluding diaryl/α,β-unsaturated/α-hetero) is 1. The molecule has 0 amide bonds. The summed E-state index contributed by atoms with van der Waals surface area (Å²) in [6.07, 6.45) is -4.83. The molecule has 0 spiro atoms. The van der Waals surface area contributed by atoms with E-state index in [1.165, 1.54) is 18.2 Å². The third-order valence-electron chi connectivity index (χ3n) is 2.09. The Balaban J connectivity index is 3.29. The molecule has 0 aromatic heterocycles. The van der Waals surface area contributed by atoms with Crippen molar-refractivity contribution in [3.05, 3.63) is 29.3 Å². The van der Waals surface area contributed by atoms with Crippen molar-refractivity contribution in [2.45, 2.75) is 23.4 Å². The van der Waals surface area contributed by atoms with Crippen LogP contribution in [0, 0.1) is 0 Å². The molecule has 1 aromatic rings. The Labute approximate surface area is 119 Å². The number of hydrogen-bond acceptors (Lipinski definition) is 2. The molecule has 7 heteroatoms. The highest BCUT2D eigenvalue weighted by Crippen LogP contribution is 2.32. The number of rotatable bonds is 4. The summed E-state index contributed by atoms with van der Waals surface area (Å²) in [5.41, 5.74) is 0.181. The predicted molar refractivity (Wildman–Crippen MR) is 68.5 cm³/mol. The van der Waals surface area contributed by atoms with Gasteiger partial charge in [-0.2, -0.15) is 0 Å². The van der Waals surface area contributed by atoms with Gasteiger partial charge >= 0.3 is 6.36 Å². The van der Waals surface area contributed by atoms with Crippen LogP contribution in [0.15, 0.2) is 18.2 Å². The Kier molecular flexibility index (Phi) is 5.21. The Hall–Kier alpha value is -0.560. The number of carbonyl (C=O) groups is 1. The van der Waals surface area contributed by atoms with Crippen molar-refractivity contribution in [1.82, 2.24) is 0 Å². The van der Waals surface area contributed by atoms with Gasteiger partial charge in [0.05, 0.1) is 10.4 Å². The van der Waals surface area contributed by atoms with Crippen LogP contribution in [0.2, 0.25) is 0 Å². The second-order valence-electron chi connectivity index (χ2n) is 3.46. The topological polar surface area (TPSA) is 26.3 Å². The normalized spacial score (nSPS) is 13.2. The fraction of sp³-hybridized carbons (Fsp3) is 0.364. The van der Waals surface area contributed by atoms with Gasteiger partial charge in [-0.05, 0) is 13.0 Å². The van der Waals surface area contributed by atoms with Crippen molar-refractivity contribution >= 4 is 37.6 Å². The number of para-hydroxylation sites is 1. The molecule has 0 fully saturated rings. The molecule has 18 heavy (non-hydrogen) atoms. The van der Waals surface area contributed by atoms with E-state index in [2.05, 4.69) is 36.6 Å². The zero-order chi connectivity index (χ0) is 13.9. The van der Waals surface area contributed by atoms with Crippen LogP contribution in [0.25, 0.3) is 0 Å². The molecule has 1 aromatic carbocycles. The summed E-state index contributed by atoms with van der Waals surface area (Å²) in [6.45, 7) is 1.54. The van der Waals surface area contributed by atoms with E-state index in [4.69, 9.17) is 0 Å². The summed E-state index contributed by atoms with van der Waals surface area (Å²) in [5, 5.41) is 0.163. The third-order valence-corrected chi connectivity index (χ3v) is 3.11. The smallest absolute Gasteiger partial charge is 0.405 e. The molecule has 0 radical (unpaired) electrons. The van der Waals surface area contributed by atoms with E-state index in [1.807, 2.05) is 0 Å². The van der Waals surface area contributed by atoms with Crippen LogP contribution in [-0.2, 0) is 5.33 Å². The number of alkyl halides is 5. The minimum Gasteiger partial charge on any atom is -0.405 e. The van der Waals surface area contributed by atoms with E-state index in [1.54, 1.807) is 6.92 Å². The van der Waals surface area contributed by atoms with Gasteiger partial charge in [0.15, 0.2) is 5.78 Å². The van der Waals surface area contributed by atoms with Crippen molar-refractivity contribution in [1.29, 1.82) is 0 Å². The molecule has 1 rings (SSSR count). The first-order chi connectivity index (χ1) is 8.26. The van der Waals surface area contributed by atoms with Crippen molar-refractivity contribution in [2.24, 2.45) is 0 Å². The van der Waals surface area contributed by atoms with Crippen LogP contribution in [0.1, 0.15) is 22.8 Å². The largest absolute Gasteiger partial charge is 0.573 e. The minimum absolute atomic E-state index is 0.0892. The lowest BCUT2D eigenvalue weighted by Crippen LogP contribution is -2.21. The van der Waals surface area contributed by atoms with E-state index < -0.39 is 22.7 Å². The van der Waals surface area contributed by atoms with Crippen LogP contribution in [0.4, 0.5) is 13.2 Å². The van der Waals surface area contributed by atoms with Crippen molar-refractivity contribution in [2.75, 3.05) is 0 Å². The van der Waals surface area contributed by atoms with E-state index in [0.29, 0.717) is 0 Å². The zero-order valence-electron chi connectivity index (χ0n) is 9.22. The maximum atomic E-state index is 12.3. The lowest BCUT2D eigenvalue weighted by molar-refractivity contribution is -0.274. The summed E-state index contributed by atoms with van der Waals surface area (Å²) in [5.74, 6) is -0.907. The molecule has 2 nitrogen and oxygen atoms in total. The maximum absolute atomic E-state index is 12.3. The first kappa shape index (κ1) is 15.5. The second-order valence-corrected chi connectivity index (χ2v) is 5.39. The molecule has 1 atom stereocenters. The van der Waals surface area contributed by atoms with Gasteiger partial charge in [0.1, 0.15) is 5.75 Å².